The van der Waals surface area contributed by atoms with Gasteiger partial charge in [-0.25, -0.2) is 9.13 Å². The lowest BCUT2D eigenvalue weighted by atomic mass is 9.99. The predicted octanol–water partition coefficient (Wildman–Crippen LogP) is 27.2. The number of hydrogen-bond acceptors (Lipinski definition) is 15. The quantitative estimate of drug-likeness (QED) is 0.0222. The van der Waals surface area contributed by atoms with Gasteiger partial charge in [-0.15, -0.1) is 0 Å². The average Bonchev–Trinajstić information content (AvgIpc) is 0.902. The van der Waals surface area contributed by atoms with Crippen LogP contribution >= 0.6 is 15.6 Å². The molecule has 6 atom stereocenters. The molecule has 0 saturated heterocycles. The van der Waals surface area contributed by atoms with Gasteiger partial charge in [-0.3, -0.25) is 37.3 Å². The minimum absolute atomic E-state index is 0.109. The summed E-state index contributed by atoms with van der Waals surface area (Å²) in [6, 6.07) is 0. The summed E-state index contributed by atoms with van der Waals surface area (Å²) in [5, 5.41) is 10.7. The van der Waals surface area contributed by atoms with Crippen molar-refractivity contribution in [2.24, 2.45) is 5.92 Å². The molecule has 0 aliphatic rings. The smallest absolute Gasteiger partial charge is 0.462 e. The summed E-state index contributed by atoms with van der Waals surface area (Å²) in [7, 11) is -9.93. The van der Waals surface area contributed by atoms with Gasteiger partial charge in [-0.2, -0.15) is 0 Å². The number of phosphoric ester groups is 2. The molecule has 0 aromatic rings. The van der Waals surface area contributed by atoms with Crippen molar-refractivity contribution in [2.75, 3.05) is 39.6 Å². The third kappa shape index (κ3) is 80.5. The molecule has 0 aromatic carbocycles. The number of ether oxygens (including phenoxy) is 4. The average molecular weight is 1560 g/mol. The highest BCUT2D eigenvalue weighted by atomic mass is 31.2. The standard InChI is InChI=1S/C88H172O17P2/c1-6-10-13-16-19-22-25-28-29-30-31-32-36-39-43-47-52-57-62-67-72-86(91)99-78-84(105-88(93)74-69-64-59-54-49-44-40-37-34-33-35-38-42-45-50-55-60-65-70-81(5)9-4)80-103-107(96,97)101-76-82(89)75-100-106(94,95)102-79-83(77-98-85(90)71-66-61-56-51-46-27-24-21-18-15-12-8-3)104-87(92)73-68-63-58-53-48-41-26-23-20-17-14-11-7-2/h81-84,89H,6-80H2,1-5H3,(H,94,95)(H,96,97)/t81?,82-,83+,84+/m0/s1. The number of carbonyl (C=O) groups excluding carboxylic acids is 4. The normalized spacial score (nSPS) is 14.0. The van der Waals surface area contributed by atoms with Crippen LogP contribution in [0.15, 0.2) is 0 Å². The molecule has 19 heteroatoms. The SMILES string of the molecule is CCCCCCCCCCCCCCCCCCCCCCC(=O)OC[C@H](COP(=O)(O)OC[C@@H](O)COP(=O)(O)OC[C@@H](COC(=O)CCCCCCCCCCCCCC)OC(=O)CCCCCCCCCCCCCCC)OC(=O)CCCCCCCCCCCCCCCCCCCCC(C)CC. The van der Waals surface area contributed by atoms with Crippen LogP contribution in [-0.2, 0) is 65.4 Å². The van der Waals surface area contributed by atoms with Crippen molar-refractivity contribution < 1.29 is 80.2 Å². The van der Waals surface area contributed by atoms with Gasteiger partial charge in [-0.1, -0.05) is 426 Å². The van der Waals surface area contributed by atoms with E-state index < -0.39 is 97.5 Å². The summed E-state index contributed by atoms with van der Waals surface area (Å²) in [5.41, 5.74) is 0. The van der Waals surface area contributed by atoms with Gasteiger partial charge in [0.1, 0.15) is 19.3 Å². The van der Waals surface area contributed by atoms with E-state index in [9.17, 15) is 43.2 Å². The van der Waals surface area contributed by atoms with Crippen LogP contribution in [0.2, 0.25) is 0 Å². The van der Waals surface area contributed by atoms with E-state index in [1.807, 2.05) is 0 Å². The minimum atomic E-state index is -4.97. The van der Waals surface area contributed by atoms with Crippen molar-refractivity contribution in [1.29, 1.82) is 0 Å². The van der Waals surface area contributed by atoms with Gasteiger partial charge in [0, 0.05) is 25.7 Å². The van der Waals surface area contributed by atoms with E-state index in [2.05, 4.69) is 34.6 Å². The Hall–Kier alpha value is -1.94. The summed E-state index contributed by atoms with van der Waals surface area (Å²) in [6.07, 6.45) is 74.9. The summed E-state index contributed by atoms with van der Waals surface area (Å²) >= 11 is 0. The Bertz CT molecular complexity index is 2030. The second kappa shape index (κ2) is 80.7. The number of esters is 4. The van der Waals surface area contributed by atoms with Crippen molar-refractivity contribution in [3.63, 3.8) is 0 Å². The van der Waals surface area contributed by atoms with Crippen molar-refractivity contribution in [3.05, 3.63) is 0 Å². The zero-order chi connectivity index (χ0) is 78.3. The van der Waals surface area contributed by atoms with Crippen molar-refractivity contribution in [3.8, 4) is 0 Å². The number of aliphatic hydroxyl groups is 1. The molecular formula is C88H172O17P2. The summed E-state index contributed by atoms with van der Waals surface area (Å²) in [4.78, 5) is 73.3. The highest BCUT2D eigenvalue weighted by molar-refractivity contribution is 7.47. The molecule has 0 amide bonds. The zero-order valence-corrected chi connectivity index (χ0v) is 72.1. The Morgan fingerprint density at radius 2 is 0.449 bits per heavy atom. The molecule has 0 saturated carbocycles. The van der Waals surface area contributed by atoms with Crippen molar-refractivity contribution >= 4 is 39.5 Å². The summed E-state index contributed by atoms with van der Waals surface area (Å²) in [6.45, 7) is 7.44. The maximum absolute atomic E-state index is 13.2. The number of aliphatic hydroxyl groups excluding tert-OH is 1. The largest absolute Gasteiger partial charge is 0.472 e. The van der Waals surface area contributed by atoms with Crippen LogP contribution in [-0.4, -0.2) is 96.7 Å². The lowest BCUT2D eigenvalue weighted by molar-refractivity contribution is -0.161. The van der Waals surface area contributed by atoms with E-state index in [1.54, 1.807) is 0 Å². The molecule has 636 valence electrons. The Balaban J connectivity index is 5.22. The molecule has 0 aliphatic carbocycles. The molecule has 0 aliphatic heterocycles. The molecule has 107 heavy (non-hydrogen) atoms. The maximum atomic E-state index is 13.2. The number of rotatable bonds is 88. The topological polar surface area (TPSA) is 237 Å². The van der Waals surface area contributed by atoms with Crippen LogP contribution in [0.3, 0.4) is 0 Å². The fourth-order valence-electron chi connectivity index (χ4n) is 13.8. The highest BCUT2D eigenvalue weighted by Gasteiger charge is 2.30. The second-order valence-electron chi connectivity index (χ2n) is 31.9. The molecule has 0 rings (SSSR count). The molecular weight excluding hydrogens is 1390 g/mol. The third-order valence-electron chi connectivity index (χ3n) is 21.1. The zero-order valence-electron chi connectivity index (χ0n) is 70.3. The predicted molar refractivity (Wildman–Crippen MR) is 442 cm³/mol. The fraction of sp³-hybridized carbons (Fsp3) is 0.955. The van der Waals surface area contributed by atoms with Crippen LogP contribution < -0.4 is 0 Å². The number of unbranched alkanes of at least 4 members (excludes halogenated alkanes) is 59. The lowest BCUT2D eigenvalue weighted by Gasteiger charge is -2.21. The molecule has 0 fully saturated rings. The number of phosphoric acid groups is 2. The Kier molecular flexibility index (Phi) is 79.2. The van der Waals surface area contributed by atoms with Crippen molar-refractivity contribution in [2.45, 2.75) is 496 Å². The van der Waals surface area contributed by atoms with Crippen LogP contribution in [0.1, 0.15) is 478 Å². The molecule has 3 N–H and O–H groups in total. The maximum Gasteiger partial charge on any atom is 0.472 e. The van der Waals surface area contributed by atoms with E-state index in [-0.39, 0.29) is 25.7 Å². The van der Waals surface area contributed by atoms with Gasteiger partial charge in [-0.05, 0) is 31.6 Å². The molecule has 3 unspecified atom stereocenters. The Morgan fingerprint density at radius 1 is 0.262 bits per heavy atom. The number of carbonyl (C=O) groups is 4. The fourth-order valence-corrected chi connectivity index (χ4v) is 15.4. The third-order valence-corrected chi connectivity index (χ3v) is 23.0. The minimum Gasteiger partial charge on any atom is -0.462 e. The van der Waals surface area contributed by atoms with E-state index in [1.165, 1.54) is 302 Å². The van der Waals surface area contributed by atoms with E-state index in [4.69, 9.17) is 37.0 Å². The van der Waals surface area contributed by atoms with Gasteiger partial charge in [0.25, 0.3) is 0 Å². The van der Waals surface area contributed by atoms with E-state index in [0.717, 1.165) is 95.8 Å². The molecule has 0 radical (unpaired) electrons. The summed E-state index contributed by atoms with van der Waals surface area (Å²) < 4.78 is 68.9. The first kappa shape index (κ1) is 105. The van der Waals surface area contributed by atoms with Gasteiger partial charge >= 0.3 is 39.5 Å². The van der Waals surface area contributed by atoms with E-state index in [0.29, 0.717) is 25.7 Å². The van der Waals surface area contributed by atoms with Gasteiger partial charge in [0.05, 0.1) is 26.4 Å². The first-order valence-corrected chi connectivity index (χ1v) is 48.7. The lowest BCUT2D eigenvalue weighted by Crippen LogP contribution is -2.30. The van der Waals surface area contributed by atoms with Crippen LogP contribution in [0.5, 0.6) is 0 Å². The monoisotopic (exact) mass is 1560 g/mol. The second-order valence-corrected chi connectivity index (χ2v) is 34.8. The van der Waals surface area contributed by atoms with Crippen LogP contribution in [0.25, 0.3) is 0 Å². The molecule has 0 bridgehead atoms. The van der Waals surface area contributed by atoms with Gasteiger partial charge in [0.15, 0.2) is 12.2 Å². The molecule has 0 aromatic heterocycles. The van der Waals surface area contributed by atoms with Gasteiger partial charge < -0.3 is 33.8 Å². The van der Waals surface area contributed by atoms with Crippen molar-refractivity contribution in [1.82, 2.24) is 0 Å². The molecule has 0 spiro atoms. The highest BCUT2D eigenvalue weighted by Crippen LogP contribution is 2.45. The van der Waals surface area contributed by atoms with Crippen LogP contribution in [0, 0.1) is 5.92 Å². The Morgan fingerprint density at radius 3 is 0.664 bits per heavy atom. The first-order chi connectivity index (χ1) is 52.1. The van der Waals surface area contributed by atoms with Crippen LogP contribution in [0.4, 0.5) is 0 Å². The molecule has 17 nitrogen and oxygen atoms in total. The Labute approximate surface area is 658 Å². The first-order valence-electron chi connectivity index (χ1n) is 45.7. The molecule has 0 heterocycles. The number of hydrogen-bond donors (Lipinski definition) is 3. The van der Waals surface area contributed by atoms with E-state index >= 15 is 0 Å². The summed E-state index contributed by atoms with van der Waals surface area (Å²) in [5.74, 6) is -1.22. The van der Waals surface area contributed by atoms with Gasteiger partial charge in [0.2, 0.25) is 0 Å².